The molecule has 1 aromatic carbocycles. The van der Waals surface area contributed by atoms with Gasteiger partial charge in [0.05, 0.1) is 0 Å². The summed E-state index contributed by atoms with van der Waals surface area (Å²) in [6, 6.07) is 2.80. The van der Waals surface area contributed by atoms with Gasteiger partial charge in [0.25, 0.3) is 0 Å². The van der Waals surface area contributed by atoms with E-state index in [1.807, 2.05) is 13.8 Å². The van der Waals surface area contributed by atoms with Gasteiger partial charge in [0.1, 0.15) is 11.9 Å². The molecule has 0 saturated heterocycles. The molecule has 0 saturated carbocycles. The molecule has 0 radical (unpaired) electrons. The van der Waals surface area contributed by atoms with Crippen LogP contribution in [0.1, 0.15) is 25.5 Å². The first-order chi connectivity index (χ1) is 7.91. The Bertz CT molecular complexity index is 409. The largest absolute Gasteiger partial charge is 0.480 e. The molecule has 0 aromatic heterocycles. The number of carbonyl (C=O) groups is 1. The molecule has 17 heavy (non-hydrogen) atoms. The molecule has 1 unspecified atom stereocenters. The van der Waals surface area contributed by atoms with Gasteiger partial charge in [0, 0.05) is 5.02 Å². The predicted molar refractivity (Wildman–Crippen MR) is 64.6 cm³/mol. The van der Waals surface area contributed by atoms with Gasteiger partial charge in [-0.25, -0.2) is 4.39 Å². The first-order valence-electron chi connectivity index (χ1n) is 5.33. The summed E-state index contributed by atoms with van der Waals surface area (Å²) in [5, 5.41) is 12.1. The topological polar surface area (TPSA) is 49.3 Å². The maximum absolute atomic E-state index is 12.9. The van der Waals surface area contributed by atoms with Crippen molar-refractivity contribution in [2.75, 3.05) is 6.54 Å². The fourth-order valence-corrected chi connectivity index (χ4v) is 1.70. The third-order valence-corrected chi connectivity index (χ3v) is 2.58. The number of hydrogen-bond acceptors (Lipinski definition) is 2. The highest BCUT2D eigenvalue weighted by Gasteiger charge is 2.22. The molecule has 0 fully saturated rings. The molecule has 3 nitrogen and oxygen atoms in total. The van der Waals surface area contributed by atoms with E-state index in [2.05, 4.69) is 5.32 Å². The fraction of sp³-hybridized carbons (Fsp3) is 0.417. The van der Waals surface area contributed by atoms with E-state index in [9.17, 15) is 9.18 Å². The van der Waals surface area contributed by atoms with Gasteiger partial charge >= 0.3 is 5.97 Å². The normalized spacial score (nSPS) is 12.8. The van der Waals surface area contributed by atoms with Crippen molar-refractivity contribution in [2.24, 2.45) is 5.92 Å². The van der Waals surface area contributed by atoms with E-state index in [-0.39, 0.29) is 5.02 Å². The summed E-state index contributed by atoms with van der Waals surface area (Å²) < 4.78 is 12.9. The molecule has 0 spiro atoms. The van der Waals surface area contributed by atoms with Gasteiger partial charge in [-0.15, -0.1) is 0 Å². The predicted octanol–water partition coefficient (Wildman–Crippen LogP) is 2.85. The van der Waals surface area contributed by atoms with Gasteiger partial charge in [-0.2, -0.15) is 0 Å². The third kappa shape index (κ3) is 3.98. The molecular weight excluding hydrogens is 245 g/mol. The first kappa shape index (κ1) is 13.9. The van der Waals surface area contributed by atoms with Crippen LogP contribution in [-0.2, 0) is 4.79 Å². The maximum Gasteiger partial charge on any atom is 0.325 e. The number of rotatable bonds is 5. The number of carboxylic acid groups (broad SMARTS) is 1. The van der Waals surface area contributed by atoms with Gasteiger partial charge in [-0.3, -0.25) is 4.79 Å². The molecule has 1 atom stereocenters. The second kappa shape index (κ2) is 5.98. The van der Waals surface area contributed by atoms with E-state index in [4.69, 9.17) is 16.7 Å². The lowest BCUT2D eigenvalue weighted by Crippen LogP contribution is -2.31. The quantitative estimate of drug-likeness (QED) is 0.855. The lowest BCUT2D eigenvalue weighted by atomic mass is 10.1. The van der Waals surface area contributed by atoms with Crippen LogP contribution in [-0.4, -0.2) is 17.6 Å². The number of hydrogen-bond donors (Lipinski definition) is 2. The molecule has 0 heterocycles. The van der Waals surface area contributed by atoms with Crippen LogP contribution in [0.5, 0.6) is 0 Å². The SMILES string of the molecule is CC(C)CNC(C(=O)O)c1ccc(F)cc1Cl. The Morgan fingerprint density at radius 2 is 2.18 bits per heavy atom. The van der Waals surface area contributed by atoms with Crippen LogP contribution in [0.3, 0.4) is 0 Å². The summed E-state index contributed by atoms with van der Waals surface area (Å²) in [4.78, 5) is 11.1. The van der Waals surface area contributed by atoms with Crippen molar-refractivity contribution in [2.45, 2.75) is 19.9 Å². The van der Waals surface area contributed by atoms with Crippen LogP contribution < -0.4 is 5.32 Å². The van der Waals surface area contributed by atoms with Crippen LogP contribution in [0.4, 0.5) is 4.39 Å². The second-order valence-corrected chi connectivity index (χ2v) is 4.65. The smallest absolute Gasteiger partial charge is 0.325 e. The van der Waals surface area contributed by atoms with E-state index in [0.717, 1.165) is 6.07 Å². The van der Waals surface area contributed by atoms with Gasteiger partial charge in [-0.1, -0.05) is 31.5 Å². The average Bonchev–Trinajstić information content (AvgIpc) is 2.20. The van der Waals surface area contributed by atoms with Gasteiger partial charge < -0.3 is 10.4 Å². The Balaban J connectivity index is 2.93. The van der Waals surface area contributed by atoms with Crippen LogP contribution in [0.15, 0.2) is 18.2 Å². The molecule has 0 amide bonds. The number of carboxylic acids is 1. The third-order valence-electron chi connectivity index (χ3n) is 2.25. The average molecular weight is 260 g/mol. The van der Waals surface area contributed by atoms with Crippen LogP contribution >= 0.6 is 11.6 Å². The molecule has 0 bridgehead atoms. The minimum absolute atomic E-state index is 0.119. The number of aliphatic carboxylic acids is 1. The lowest BCUT2D eigenvalue weighted by Gasteiger charge is -2.17. The monoisotopic (exact) mass is 259 g/mol. The van der Waals surface area contributed by atoms with Gasteiger partial charge in [0.2, 0.25) is 0 Å². The Kier molecular flexibility index (Phi) is 4.90. The van der Waals surface area contributed by atoms with E-state index in [1.54, 1.807) is 0 Å². The molecule has 1 rings (SSSR count). The summed E-state index contributed by atoms with van der Waals surface area (Å²) in [6.07, 6.45) is 0. The second-order valence-electron chi connectivity index (χ2n) is 4.24. The maximum atomic E-state index is 12.9. The zero-order chi connectivity index (χ0) is 13.0. The number of benzene rings is 1. The molecule has 2 N–H and O–H groups in total. The summed E-state index contributed by atoms with van der Waals surface area (Å²) in [5.41, 5.74) is 0.376. The van der Waals surface area contributed by atoms with Crippen molar-refractivity contribution in [1.82, 2.24) is 5.32 Å². The van der Waals surface area contributed by atoms with Gasteiger partial charge in [-0.05, 0) is 30.2 Å². The standard InChI is InChI=1S/C12H15ClFNO2/c1-7(2)6-15-11(12(16)17)9-4-3-8(14)5-10(9)13/h3-5,7,11,15H,6H2,1-2H3,(H,16,17). The van der Waals surface area contributed by atoms with Crippen molar-refractivity contribution in [3.63, 3.8) is 0 Å². The molecule has 0 aliphatic heterocycles. The molecular formula is C12H15ClFNO2. The van der Waals surface area contributed by atoms with E-state index in [0.29, 0.717) is 18.0 Å². The first-order valence-corrected chi connectivity index (χ1v) is 5.70. The highest BCUT2D eigenvalue weighted by molar-refractivity contribution is 6.31. The summed E-state index contributed by atoms with van der Waals surface area (Å²) in [7, 11) is 0. The van der Waals surface area contributed by atoms with Crippen molar-refractivity contribution < 1.29 is 14.3 Å². The zero-order valence-corrected chi connectivity index (χ0v) is 10.5. The highest BCUT2D eigenvalue weighted by Crippen LogP contribution is 2.24. The minimum atomic E-state index is -1.03. The van der Waals surface area contributed by atoms with E-state index in [1.165, 1.54) is 12.1 Å². The minimum Gasteiger partial charge on any atom is -0.480 e. The van der Waals surface area contributed by atoms with Crippen LogP contribution in [0, 0.1) is 11.7 Å². The highest BCUT2D eigenvalue weighted by atomic mass is 35.5. The van der Waals surface area contributed by atoms with Crippen molar-refractivity contribution in [1.29, 1.82) is 0 Å². The van der Waals surface area contributed by atoms with Crippen LogP contribution in [0.2, 0.25) is 5.02 Å². The summed E-state index contributed by atoms with van der Waals surface area (Å²) in [6.45, 7) is 4.49. The number of halogens is 2. The van der Waals surface area contributed by atoms with Crippen molar-refractivity contribution >= 4 is 17.6 Å². The molecule has 0 aliphatic rings. The lowest BCUT2D eigenvalue weighted by molar-refractivity contribution is -0.139. The van der Waals surface area contributed by atoms with Gasteiger partial charge in [0.15, 0.2) is 0 Å². The molecule has 5 heteroatoms. The summed E-state index contributed by atoms with van der Waals surface area (Å²) in [5.74, 6) is -1.19. The Labute approximate surface area is 105 Å². The summed E-state index contributed by atoms with van der Waals surface area (Å²) >= 11 is 5.84. The van der Waals surface area contributed by atoms with E-state index >= 15 is 0 Å². The Morgan fingerprint density at radius 3 is 2.65 bits per heavy atom. The van der Waals surface area contributed by atoms with E-state index < -0.39 is 17.8 Å². The van der Waals surface area contributed by atoms with Crippen LogP contribution in [0.25, 0.3) is 0 Å². The van der Waals surface area contributed by atoms with Crippen molar-refractivity contribution in [3.8, 4) is 0 Å². The Hall–Kier alpha value is -1.13. The van der Waals surface area contributed by atoms with Crippen molar-refractivity contribution in [3.05, 3.63) is 34.6 Å². The zero-order valence-electron chi connectivity index (χ0n) is 9.71. The molecule has 0 aliphatic carbocycles. The fourth-order valence-electron chi connectivity index (χ4n) is 1.42. The molecule has 1 aromatic rings. The number of nitrogens with one attached hydrogen (secondary N) is 1. The molecule has 94 valence electrons. The Morgan fingerprint density at radius 1 is 1.53 bits per heavy atom.